The van der Waals surface area contributed by atoms with E-state index in [1.807, 2.05) is 45.3 Å². The van der Waals surface area contributed by atoms with E-state index in [0.29, 0.717) is 6.42 Å². The number of hydrogen-bond acceptors (Lipinski definition) is 4. The van der Waals surface area contributed by atoms with Gasteiger partial charge in [-0.2, -0.15) is 0 Å². The molecule has 3 aromatic carbocycles. The van der Waals surface area contributed by atoms with Crippen molar-refractivity contribution in [3.8, 4) is 11.1 Å². The summed E-state index contributed by atoms with van der Waals surface area (Å²) in [7, 11) is 5.50. The van der Waals surface area contributed by atoms with Gasteiger partial charge in [0.05, 0.1) is 18.4 Å². The van der Waals surface area contributed by atoms with Crippen molar-refractivity contribution in [1.82, 2.24) is 0 Å². The Bertz CT molecular complexity index is 1230. The molecule has 0 spiro atoms. The lowest BCUT2D eigenvalue weighted by atomic mass is 9.69. The first-order chi connectivity index (χ1) is 18.3. The minimum absolute atomic E-state index is 0.0960. The van der Waals surface area contributed by atoms with Crippen molar-refractivity contribution in [2.75, 3.05) is 31.4 Å². The first kappa shape index (κ1) is 27.4. The molecule has 1 atom stereocenters. The summed E-state index contributed by atoms with van der Waals surface area (Å²) in [5.41, 5.74) is 6.12. The van der Waals surface area contributed by atoms with Gasteiger partial charge in [0, 0.05) is 25.5 Å². The molecule has 1 amide bonds. The SMILES string of the molecule is COC(=O)C(C)Cc1cccc(NC(=O)C2(Cc3ccc(-c4ccc(N(C)C)cc4)cc3)CCCCC2)c1. The van der Waals surface area contributed by atoms with Gasteiger partial charge in [-0.05, 0) is 72.2 Å². The standard InChI is InChI=1S/C33H40N2O3/c1-24(31(36)38-4)21-26-9-8-10-29(22-26)34-32(37)33(19-6-5-7-20-33)23-25-11-13-27(14-12-25)28-15-17-30(18-16-28)35(2)3/h8-18,22,24H,5-7,19-21,23H2,1-4H3,(H,34,37). The number of carbonyl (C=O) groups excluding carboxylic acids is 2. The summed E-state index contributed by atoms with van der Waals surface area (Å²) in [6, 6.07) is 25.1. The van der Waals surface area contributed by atoms with Gasteiger partial charge in [-0.15, -0.1) is 0 Å². The summed E-state index contributed by atoms with van der Waals surface area (Å²) >= 11 is 0. The van der Waals surface area contributed by atoms with Gasteiger partial charge in [0.1, 0.15) is 0 Å². The Morgan fingerprint density at radius 1 is 0.895 bits per heavy atom. The van der Waals surface area contributed by atoms with Crippen LogP contribution in [0.2, 0.25) is 0 Å². The van der Waals surface area contributed by atoms with E-state index in [4.69, 9.17) is 4.74 Å². The van der Waals surface area contributed by atoms with Crippen molar-refractivity contribution in [2.45, 2.75) is 51.9 Å². The maximum atomic E-state index is 13.8. The van der Waals surface area contributed by atoms with Crippen molar-refractivity contribution < 1.29 is 14.3 Å². The van der Waals surface area contributed by atoms with Crippen LogP contribution in [0.15, 0.2) is 72.8 Å². The van der Waals surface area contributed by atoms with E-state index in [1.165, 1.54) is 35.9 Å². The van der Waals surface area contributed by atoms with Crippen LogP contribution in [0.5, 0.6) is 0 Å². The molecular formula is C33H40N2O3. The lowest BCUT2D eigenvalue weighted by Gasteiger charge is -2.36. The first-order valence-corrected chi connectivity index (χ1v) is 13.6. The number of anilines is 2. The Morgan fingerprint density at radius 2 is 1.53 bits per heavy atom. The minimum Gasteiger partial charge on any atom is -0.469 e. The number of hydrogen-bond donors (Lipinski definition) is 1. The highest BCUT2D eigenvalue weighted by molar-refractivity contribution is 5.95. The Labute approximate surface area is 227 Å². The second kappa shape index (κ2) is 12.3. The van der Waals surface area contributed by atoms with Gasteiger partial charge in [-0.25, -0.2) is 0 Å². The second-order valence-corrected chi connectivity index (χ2v) is 10.9. The van der Waals surface area contributed by atoms with Gasteiger partial charge in [0.2, 0.25) is 5.91 Å². The Hall–Kier alpha value is -3.60. The lowest BCUT2D eigenvalue weighted by Crippen LogP contribution is -2.40. The van der Waals surface area contributed by atoms with E-state index < -0.39 is 5.41 Å². The predicted octanol–water partition coefficient (Wildman–Crippen LogP) is 6.90. The first-order valence-electron chi connectivity index (χ1n) is 13.6. The highest BCUT2D eigenvalue weighted by atomic mass is 16.5. The number of carbonyl (C=O) groups is 2. The maximum Gasteiger partial charge on any atom is 0.308 e. The summed E-state index contributed by atoms with van der Waals surface area (Å²) in [5, 5.41) is 3.22. The summed E-state index contributed by atoms with van der Waals surface area (Å²) in [6.07, 6.45) is 6.42. The van der Waals surface area contributed by atoms with Crippen LogP contribution in [-0.4, -0.2) is 33.1 Å². The fraction of sp³-hybridized carbons (Fsp3) is 0.394. The number of methoxy groups -OCH3 is 1. The molecule has 5 nitrogen and oxygen atoms in total. The molecule has 1 aliphatic carbocycles. The van der Waals surface area contributed by atoms with Gasteiger partial charge in [-0.3, -0.25) is 9.59 Å². The lowest BCUT2D eigenvalue weighted by molar-refractivity contribution is -0.144. The van der Waals surface area contributed by atoms with Crippen molar-refractivity contribution >= 4 is 23.3 Å². The Kier molecular flexibility index (Phi) is 8.88. The molecule has 0 radical (unpaired) electrons. The molecule has 1 unspecified atom stereocenters. The number of rotatable bonds is 9. The van der Waals surface area contributed by atoms with Crippen molar-refractivity contribution in [2.24, 2.45) is 11.3 Å². The van der Waals surface area contributed by atoms with E-state index in [0.717, 1.165) is 43.4 Å². The van der Waals surface area contributed by atoms with E-state index in [-0.39, 0.29) is 17.8 Å². The monoisotopic (exact) mass is 512 g/mol. The van der Waals surface area contributed by atoms with Crippen LogP contribution >= 0.6 is 0 Å². The maximum absolute atomic E-state index is 13.8. The molecule has 0 heterocycles. The van der Waals surface area contributed by atoms with Gasteiger partial charge < -0.3 is 15.0 Å². The summed E-state index contributed by atoms with van der Waals surface area (Å²) in [6.45, 7) is 1.86. The Morgan fingerprint density at radius 3 is 2.13 bits per heavy atom. The predicted molar refractivity (Wildman–Crippen MR) is 155 cm³/mol. The summed E-state index contributed by atoms with van der Waals surface area (Å²) < 4.78 is 4.86. The second-order valence-electron chi connectivity index (χ2n) is 10.9. The van der Waals surface area contributed by atoms with Gasteiger partial charge in [0.25, 0.3) is 0 Å². The van der Waals surface area contributed by atoms with Crippen LogP contribution in [0.3, 0.4) is 0 Å². The molecule has 0 saturated heterocycles. The minimum atomic E-state index is -0.414. The molecule has 1 saturated carbocycles. The number of ether oxygens (including phenoxy) is 1. The molecule has 3 aromatic rings. The number of amides is 1. The fourth-order valence-corrected chi connectivity index (χ4v) is 5.55. The van der Waals surface area contributed by atoms with Crippen LogP contribution < -0.4 is 10.2 Å². The Balaban J connectivity index is 1.48. The van der Waals surface area contributed by atoms with E-state index in [1.54, 1.807) is 0 Å². The highest BCUT2D eigenvalue weighted by Gasteiger charge is 2.39. The van der Waals surface area contributed by atoms with Gasteiger partial charge >= 0.3 is 5.97 Å². The van der Waals surface area contributed by atoms with Crippen LogP contribution in [0.25, 0.3) is 11.1 Å². The normalized spacial score (nSPS) is 15.4. The molecule has 0 bridgehead atoms. The van der Waals surface area contributed by atoms with Gasteiger partial charge in [-0.1, -0.05) is 74.7 Å². The number of benzene rings is 3. The number of nitrogens with one attached hydrogen (secondary N) is 1. The van der Waals surface area contributed by atoms with E-state index in [9.17, 15) is 9.59 Å². The molecule has 5 heteroatoms. The quantitative estimate of drug-likeness (QED) is 0.317. The third-order valence-corrected chi connectivity index (χ3v) is 7.84. The van der Waals surface area contributed by atoms with Crippen LogP contribution in [0.4, 0.5) is 11.4 Å². The zero-order chi connectivity index (χ0) is 27.1. The molecule has 0 aromatic heterocycles. The van der Waals surface area contributed by atoms with Gasteiger partial charge in [0.15, 0.2) is 0 Å². The van der Waals surface area contributed by atoms with Crippen LogP contribution in [-0.2, 0) is 27.2 Å². The third-order valence-electron chi connectivity index (χ3n) is 7.84. The molecule has 1 aliphatic rings. The molecule has 200 valence electrons. The van der Waals surface area contributed by atoms with Crippen LogP contribution in [0, 0.1) is 11.3 Å². The third kappa shape index (κ3) is 6.63. The largest absolute Gasteiger partial charge is 0.469 e. The zero-order valence-corrected chi connectivity index (χ0v) is 23.1. The molecule has 38 heavy (non-hydrogen) atoms. The topological polar surface area (TPSA) is 58.6 Å². The van der Waals surface area contributed by atoms with Crippen molar-refractivity contribution in [3.05, 3.63) is 83.9 Å². The smallest absolute Gasteiger partial charge is 0.308 e. The molecule has 0 aliphatic heterocycles. The van der Waals surface area contributed by atoms with E-state index >= 15 is 0 Å². The van der Waals surface area contributed by atoms with E-state index in [2.05, 4.69) is 58.7 Å². The number of nitrogens with zero attached hydrogens (tertiary/aromatic N) is 1. The van der Waals surface area contributed by atoms with Crippen LogP contribution in [0.1, 0.15) is 50.2 Å². The molecular weight excluding hydrogens is 472 g/mol. The highest BCUT2D eigenvalue weighted by Crippen LogP contribution is 2.41. The molecule has 1 fully saturated rings. The van der Waals surface area contributed by atoms with Crippen molar-refractivity contribution in [1.29, 1.82) is 0 Å². The summed E-state index contributed by atoms with van der Waals surface area (Å²) in [4.78, 5) is 27.7. The van der Waals surface area contributed by atoms with Crippen molar-refractivity contribution in [3.63, 3.8) is 0 Å². The molecule has 1 N–H and O–H groups in total. The zero-order valence-electron chi connectivity index (χ0n) is 23.1. The summed E-state index contributed by atoms with van der Waals surface area (Å²) in [5.74, 6) is -0.361. The number of esters is 1. The fourth-order valence-electron chi connectivity index (χ4n) is 5.55. The molecule has 4 rings (SSSR count). The average molecular weight is 513 g/mol. The average Bonchev–Trinajstić information content (AvgIpc) is 2.93.